The summed E-state index contributed by atoms with van der Waals surface area (Å²) in [7, 11) is 0. The lowest BCUT2D eigenvalue weighted by Gasteiger charge is -2.14. The Hall–Kier alpha value is -1.78. The molecule has 1 atom stereocenters. The number of hydrogen-bond donors (Lipinski definition) is 2. The number of hydrogen-bond acceptors (Lipinski definition) is 5. The summed E-state index contributed by atoms with van der Waals surface area (Å²) in [5, 5.41) is 6.70. The molecule has 2 N–H and O–H groups in total. The van der Waals surface area contributed by atoms with E-state index in [1.807, 2.05) is 50.2 Å². The van der Waals surface area contributed by atoms with Gasteiger partial charge >= 0.3 is 0 Å². The van der Waals surface area contributed by atoms with Crippen molar-refractivity contribution in [2.75, 3.05) is 31.7 Å². The number of anilines is 1. The van der Waals surface area contributed by atoms with Crippen molar-refractivity contribution in [1.82, 2.24) is 5.32 Å². The Kier molecular flexibility index (Phi) is 11.8. The summed E-state index contributed by atoms with van der Waals surface area (Å²) in [5.41, 5.74) is 0.937. The predicted octanol–water partition coefficient (Wildman–Crippen LogP) is 4.83. The highest BCUT2D eigenvalue weighted by molar-refractivity contribution is 14.0. The van der Waals surface area contributed by atoms with E-state index in [-0.39, 0.29) is 36.2 Å². The van der Waals surface area contributed by atoms with Gasteiger partial charge in [0.25, 0.3) is 0 Å². The molecule has 1 aromatic carbocycles. The van der Waals surface area contributed by atoms with Crippen molar-refractivity contribution in [1.29, 1.82) is 0 Å². The van der Waals surface area contributed by atoms with E-state index in [0.29, 0.717) is 25.7 Å². The number of furan rings is 1. The second-order valence-corrected chi connectivity index (χ2v) is 7.55. The maximum atomic E-state index is 5.73. The van der Waals surface area contributed by atoms with E-state index in [2.05, 4.69) is 15.6 Å². The van der Waals surface area contributed by atoms with Gasteiger partial charge in [-0.1, -0.05) is 0 Å². The lowest BCUT2D eigenvalue weighted by molar-refractivity contribution is 0.0168. The van der Waals surface area contributed by atoms with Crippen LogP contribution in [0.15, 0.2) is 52.1 Å². The van der Waals surface area contributed by atoms with Crippen molar-refractivity contribution in [3.05, 3.63) is 48.4 Å². The smallest absolute Gasteiger partial charge is 0.196 e. The molecule has 0 bridgehead atoms. The third-order valence-electron chi connectivity index (χ3n) is 4.55. The first-order valence-corrected chi connectivity index (χ1v) is 10.7. The molecule has 0 radical (unpaired) electrons. The van der Waals surface area contributed by atoms with Gasteiger partial charge in [0.05, 0.1) is 25.1 Å². The summed E-state index contributed by atoms with van der Waals surface area (Å²) in [5.74, 6) is 2.36. The molecule has 0 amide bonds. The van der Waals surface area contributed by atoms with Crippen molar-refractivity contribution < 1.29 is 18.6 Å². The molecule has 172 valence electrons. The van der Waals surface area contributed by atoms with Crippen LogP contribution in [0.5, 0.6) is 5.75 Å². The molecule has 2 heterocycles. The molecule has 31 heavy (non-hydrogen) atoms. The van der Waals surface area contributed by atoms with Gasteiger partial charge in [0.1, 0.15) is 18.1 Å². The summed E-state index contributed by atoms with van der Waals surface area (Å²) in [6, 6.07) is 11.6. The van der Waals surface area contributed by atoms with Gasteiger partial charge in [-0.3, -0.25) is 0 Å². The molecule has 2 aromatic rings. The third-order valence-corrected chi connectivity index (χ3v) is 4.55. The van der Waals surface area contributed by atoms with Crippen molar-refractivity contribution in [3.63, 3.8) is 0 Å². The first kappa shape index (κ1) is 25.5. The molecule has 3 rings (SSSR count). The number of nitrogens with one attached hydrogen (secondary N) is 2. The largest absolute Gasteiger partial charge is 0.491 e. The molecule has 7 nitrogen and oxygen atoms in total. The van der Waals surface area contributed by atoms with E-state index >= 15 is 0 Å². The topological polar surface area (TPSA) is 77.2 Å². The van der Waals surface area contributed by atoms with Crippen molar-refractivity contribution in [3.8, 4) is 5.75 Å². The monoisotopic (exact) mass is 543 g/mol. The highest BCUT2D eigenvalue weighted by Crippen LogP contribution is 2.17. The van der Waals surface area contributed by atoms with E-state index in [1.165, 1.54) is 0 Å². The summed E-state index contributed by atoms with van der Waals surface area (Å²) in [6.45, 7) is 7.49. The number of ether oxygens (including phenoxy) is 3. The number of rotatable bonds is 11. The average Bonchev–Trinajstić information content (AvgIpc) is 3.43. The first-order valence-electron chi connectivity index (χ1n) is 10.7. The van der Waals surface area contributed by atoms with E-state index in [9.17, 15) is 0 Å². The van der Waals surface area contributed by atoms with E-state index in [0.717, 1.165) is 49.6 Å². The van der Waals surface area contributed by atoms with E-state index in [4.69, 9.17) is 18.6 Å². The molecular formula is C23H34IN3O4. The summed E-state index contributed by atoms with van der Waals surface area (Å²) < 4.78 is 22.4. The van der Waals surface area contributed by atoms with Crippen LogP contribution in [-0.4, -0.2) is 44.5 Å². The summed E-state index contributed by atoms with van der Waals surface area (Å²) >= 11 is 0. The molecule has 8 heteroatoms. The quantitative estimate of drug-likeness (QED) is 0.183. The number of benzene rings is 1. The second-order valence-electron chi connectivity index (χ2n) is 7.55. The van der Waals surface area contributed by atoms with Gasteiger partial charge in [0, 0.05) is 25.4 Å². The van der Waals surface area contributed by atoms with Crippen LogP contribution in [0.25, 0.3) is 0 Å². The van der Waals surface area contributed by atoms with Crippen molar-refractivity contribution >= 4 is 35.6 Å². The fraction of sp³-hybridized carbons (Fsp3) is 0.522. The van der Waals surface area contributed by atoms with Crippen molar-refractivity contribution in [2.24, 2.45) is 4.99 Å². The first-order chi connectivity index (χ1) is 14.7. The lowest BCUT2D eigenvalue weighted by Crippen LogP contribution is -2.32. The zero-order valence-electron chi connectivity index (χ0n) is 18.3. The van der Waals surface area contributed by atoms with E-state index < -0.39 is 0 Å². The number of aliphatic imine (C=N–C) groups is 1. The molecule has 0 aliphatic carbocycles. The lowest BCUT2D eigenvalue weighted by atomic mass is 10.2. The second kappa shape index (κ2) is 14.3. The molecule has 0 spiro atoms. The minimum absolute atomic E-state index is 0. The van der Waals surface area contributed by atoms with Crippen LogP contribution in [0.3, 0.4) is 0 Å². The van der Waals surface area contributed by atoms with E-state index in [1.54, 1.807) is 6.26 Å². The minimum atomic E-state index is 0. The van der Waals surface area contributed by atoms with Crippen LogP contribution in [0.1, 0.15) is 38.9 Å². The maximum Gasteiger partial charge on any atom is 0.196 e. The molecule has 1 aliphatic heterocycles. The van der Waals surface area contributed by atoms with Gasteiger partial charge in [-0.05, 0) is 69.5 Å². The zero-order chi connectivity index (χ0) is 21.0. The van der Waals surface area contributed by atoms with Crippen LogP contribution in [-0.2, 0) is 16.0 Å². The number of halogens is 1. The Labute approximate surface area is 202 Å². The van der Waals surface area contributed by atoms with Gasteiger partial charge in [0.15, 0.2) is 5.96 Å². The molecule has 1 saturated heterocycles. The fourth-order valence-electron chi connectivity index (χ4n) is 3.10. The van der Waals surface area contributed by atoms with Crippen molar-refractivity contribution in [2.45, 2.75) is 51.9 Å². The van der Waals surface area contributed by atoms with Crippen LogP contribution >= 0.6 is 24.0 Å². The predicted molar refractivity (Wildman–Crippen MR) is 134 cm³/mol. The Morgan fingerprint density at radius 3 is 2.74 bits per heavy atom. The molecule has 1 fully saturated rings. The molecular weight excluding hydrogens is 509 g/mol. The van der Waals surface area contributed by atoms with Crippen LogP contribution in [0.4, 0.5) is 5.69 Å². The molecule has 1 aliphatic rings. The zero-order valence-corrected chi connectivity index (χ0v) is 20.7. The van der Waals surface area contributed by atoms with Gasteiger partial charge in [0.2, 0.25) is 0 Å². The summed E-state index contributed by atoms with van der Waals surface area (Å²) in [4.78, 5) is 4.62. The van der Waals surface area contributed by atoms with Gasteiger partial charge in [-0.25, -0.2) is 4.99 Å². The van der Waals surface area contributed by atoms with Gasteiger partial charge in [-0.2, -0.15) is 0 Å². The SMILES string of the molecule is CC(C)Oc1ccc(NC(=NCc2ccco2)NCCCOCC2CCCO2)cc1.I. The molecule has 1 aromatic heterocycles. The highest BCUT2D eigenvalue weighted by Gasteiger charge is 2.14. The number of guanidine groups is 1. The fourth-order valence-corrected chi connectivity index (χ4v) is 3.10. The van der Waals surface area contributed by atoms with Crippen LogP contribution in [0.2, 0.25) is 0 Å². The molecule has 0 saturated carbocycles. The highest BCUT2D eigenvalue weighted by atomic mass is 127. The third kappa shape index (κ3) is 9.92. The average molecular weight is 543 g/mol. The Bertz CT molecular complexity index is 745. The Balaban J connectivity index is 0.00000341. The Morgan fingerprint density at radius 1 is 1.23 bits per heavy atom. The normalized spacial score (nSPS) is 16.2. The summed E-state index contributed by atoms with van der Waals surface area (Å²) in [6.07, 6.45) is 5.21. The number of nitrogens with zero attached hydrogens (tertiary/aromatic N) is 1. The molecule has 1 unspecified atom stereocenters. The maximum absolute atomic E-state index is 5.73. The minimum Gasteiger partial charge on any atom is -0.491 e. The Morgan fingerprint density at radius 2 is 2.06 bits per heavy atom. The van der Waals surface area contributed by atoms with Crippen LogP contribution in [0, 0.1) is 0 Å². The standard InChI is InChI=1S/C23H33N3O4.HI/c1-18(2)30-20-10-8-19(9-11-20)26-23(25-16-21-6-3-14-28-21)24-12-5-13-27-17-22-7-4-15-29-22;/h3,6,8-11,14,18,22H,4-5,7,12-13,15-17H2,1-2H3,(H2,24,25,26);1H. The van der Waals surface area contributed by atoms with Crippen LogP contribution < -0.4 is 15.4 Å². The van der Waals surface area contributed by atoms with Gasteiger partial charge < -0.3 is 29.3 Å². The van der Waals surface area contributed by atoms with Gasteiger partial charge in [-0.15, -0.1) is 24.0 Å².